The first-order chi connectivity index (χ1) is 10.4. The average molecular weight is 349 g/mol. The van der Waals surface area contributed by atoms with E-state index < -0.39 is 30.9 Å². The summed E-state index contributed by atoms with van der Waals surface area (Å²) >= 11 is 0. The van der Waals surface area contributed by atoms with Crippen LogP contribution in [0.4, 0.5) is 0 Å². The molecule has 0 bridgehead atoms. The molecule has 0 unspecified atom stereocenters. The zero-order valence-electron chi connectivity index (χ0n) is 12.2. The quantitative estimate of drug-likeness (QED) is 0.668. The van der Waals surface area contributed by atoms with E-state index in [9.17, 15) is 16.8 Å². The van der Waals surface area contributed by atoms with Crippen LogP contribution in [0, 0.1) is 0 Å². The zero-order chi connectivity index (χ0) is 16.2. The van der Waals surface area contributed by atoms with Gasteiger partial charge in [-0.3, -0.25) is 0 Å². The van der Waals surface area contributed by atoms with Crippen LogP contribution in [0.25, 0.3) is 0 Å². The molecule has 0 radical (unpaired) electrons. The van der Waals surface area contributed by atoms with Gasteiger partial charge in [0.15, 0.2) is 9.84 Å². The smallest absolute Gasteiger partial charge is 0.219 e. The van der Waals surface area contributed by atoms with Crippen LogP contribution < -0.4 is 4.72 Å². The summed E-state index contributed by atoms with van der Waals surface area (Å²) in [5.74, 6) is -0.424. The molecule has 2 rings (SSSR count). The lowest BCUT2D eigenvalue weighted by atomic mass is 10.2. The molecule has 0 fully saturated rings. The van der Waals surface area contributed by atoms with Crippen LogP contribution in [0.3, 0.4) is 0 Å². The second kappa shape index (κ2) is 7.05. The van der Waals surface area contributed by atoms with Gasteiger partial charge in [-0.1, -0.05) is 18.2 Å². The average Bonchev–Trinajstić information content (AvgIpc) is 2.76. The molecule has 1 aromatic carbocycles. The van der Waals surface area contributed by atoms with Crippen molar-refractivity contribution in [2.45, 2.75) is 10.1 Å². The van der Waals surface area contributed by atoms with Crippen LogP contribution in [0.15, 0.2) is 29.2 Å². The lowest BCUT2D eigenvalue weighted by Gasteiger charge is -2.13. The summed E-state index contributed by atoms with van der Waals surface area (Å²) in [7, 11) is -5.78. The van der Waals surface area contributed by atoms with Gasteiger partial charge in [-0.2, -0.15) is 0 Å². The Morgan fingerprint density at radius 1 is 1.23 bits per heavy atom. The van der Waals surface area contributed by atoms with Crippen LogP contribution in [0.2, 0.25) is 0 Å². The second-order valence-corrected chi connectivity index (χ2v) is 8.80. The summed E-state index contributed by atoms with van der Waals surface area (Å²) < 4.78 is 61.1. The van der Waals surface area contributed by atoms with Crippen molar-refractivity contribution in [1.82, 2.24) is 4.72 Å². The molecule has 22 heavy (non-hydrogen) atoms. The molecule has 1 aliphatic rings. The van der Waals surface area contributed by atoms with Crippen molar-refractivity contribution in [3.63, 3.8) is 0 Å². The molecule has 1 atom stereocenters. The fourth-order valence-electron chi connectivity index (χ4n) is 2.27. The van der Waals surface area contributed by atoms with Crippen molar-refractivity contribution >= 4 is 19.9 Å². The first-order valence-corrected chi connectivity index (χ1v) is 9.95. The van der Waals surface area contributed by atoms with E-state index in [0.29, 0.717) is 18.8 Å². The Bertz CT molecular complexity index is 714. The summed E-state index contributed by atoms with van der Waals surface area (Å²) in [4.78, 5) is 0.0988. The molecule has 1 heterocycles. The highest BCUT2D eigenvalue weighted by molar-refractivity contribution is 7.95. The van der Waals surface area contributed by atoms with Crippen LogP contribution in [-0.2, 0) is 29.3 Å². The van der Waals surface area contributed by atoms with E-state index >= 15 is 0 Å². The number of hydrogen-bond acceptors (Lipinski definition) is 6. The molecule has 0 aromatic heterocycles. The molecular formula is C13H19NO6S2. The molecular weight excluding hydrogens is 330 g/mol. The Morgan fingerprint density at radius 3 is 2.68 bits per heavy atom. The van der Waals surface area contributed by atoms with Gasteiger partial charge >= 0.3 is 0 Å². The number of fused-ring (bicyclic) bond motifs is 1. The monoisotopic (exact) mass is 349 g/mol. The summed E-state index contributed by atoms with van der Waals surface area (Å²) in [6.45, 7) is 1.09. The SMILES string of the molecule is COCCOCCNS(=O)(=O)[C@@H]1CS(=O)(=O)c2ccccc21. The molecule has 7 nitrogen and oxygen atoms in total. The van der Waals surface area contributed by atoms with Gasteiger partial charge in [0.25, 0.3) is 0 Å². The minimum absolute atomic E-state index is 0.0881. The molecule has 1 aromatic rings. The highest BCUT2D eigenvalue weighted by atomic mass is 32.2. The van der Waals surface area contributed by atoms with E-state index in [2.05, 4.69) is 4.72 Å². The fraction of sp³-hybridized carbons (Fsp3) is 0.538. The first-order valence-electron chi connectivity index (χ1n) is 6.75. The Morgan fingerprint density at radius 2 is 1.95 bits per heavy atom. The summed E-state index contributed by atoms with van der Waals surface area (Å²) in [6, 6.07) is 6.20. The normalized spacial score (nSPS) is 20.0. The topological polar surface area (TPSA) is 98.8 Å². The van der Waals surface area contributed by atoms with Gasteiger partial charge in [0.05, 0.1) is 30.5 Å². The third kappa shape index (κ3) is 3.85. The lowest BCUT2D eigenvalue weighted by Crippen LogP contribution is -2.32. The van der Waals surface area contributed by atoms with Crippen molar-refractivity contribution in [2.75, 3.05) is 39.2 Å². The third-order valence-electron chi connectivity index (χ3n) is 3.33. The Kier molecular flexibility index (Phi) is 5.56. The van der Waals surface area contributed by atoms with Gasteiger partial charge in [-0.05, 0) is 11.6 Å². The van der Waals surface area contributed by atoms with Crippen molar-refractivity contribution in [1.29, 1.82) is 0 Å². The van der Waals surface area contributed by atoms with E-state index in [1.807, 2.05) is 0 Å². The van der Waals surface area contributed by atoms with E-state index in [-0.39, 0.29) is 18.0 Å². The Balaban J connectivity index is 2.02. The number of methoxy groups -OCH3 is 1. The maximum Gasteiger partial charge on any atom is 0.219 e. The number of sulfone groups is 1. The largest absolute Gasteiger partial charge is 0.382 e. The molecule has 9 heteroatoms. The van der Waals surface area contributed by atoms with Gasteiger partial charge in [0, 0.05) is 13.7 Å². The van der Waals surface area contributed by atoms with E-state index in [4.69, 9.17) is 9.47 Å². The summed E-state index contributed by atoms with van der Waals surface area (Å²) in [6.07, 6.45) is 0. The standard InChI is InChI=1S/C13H19NO6S2/c1-19-8-9-20-7-6-14-22(17,18)13-10-21(15,16)12-5-3-2-4-11(12)13/h2-5,13-14H,6-10H2,1H3/t13-/m1/s1. The maximum atomic E-state index is 12.3. The molecule has 0 saturated carbocycles. The third-order valence-corrected chi connectivity index (χ3v) is 7.13. The number of benzene rings is 1. The number of hydrogen-bond donors (Lipinski definition) is 1. The first kappa shape index (κ1) is 17.4. The Labute approximate surface area is 130 Å². The van der Waals surface area contributed by atoms with Crippen molar-refractivity contribution in [3.05, 3.63) is 29.8 Å². The zero-order valence-corrected chi connectivity index (χ0v) is 13.8. The van der Waals surface area contributed by atoms with Crippen molar-refractivity contribution in [2.24, 2.45) is 0 Å². The predicted molar refractivity (Wildman–Crippen MR) is 80.9 cm³/mol. The molecule has 1 N–H and O–H groups in total. The van der Waals surface area contributed by atoms with E-state index in [1.54, 1.807) is 25.3 Å². The van der Waals surface area contributed by atoms with E-state index in [1.165, 1.54) is 6.07 Å². The van der Waals surface area contributed by atoms with Gasteiger partial charge in [-0.15, -0.1) is 0 Å². The van der Waals surface area contributed by atoms with Crippen molar-refractivity contribution in [3.8, 4) is 0 Å². The lowest BCUT2D eigenvalue weighted by molar-refractivity contribution is 0.0736. The molecule has 0 amide bonds. The molecule has 0 aliphatic carbocycles. The van der Waals surface area contributed by atoms with Gasteiger partial charge in [0.2, 0.25) is 10.0 Å². The number of rotatable bonds is 8. The van der Waals surface area contributed by atoms with Crippen LogP contribution in [-0.4, -0.2) is 56.1 Å². The van der Waals surface area contributed by atoms with Gasteiger partial charge in [-0.25, -0.2) is 21.6 Å². The Hall–Kier alpha value is -1.00. The summed E-state index contributed by atoms with van der Waals surface area (Å²) in [5, 5.41) is -1.08. The van der Waals surface area contributed by atoms with Crippen LogP contribution >= 0.6 is 0 Å². The molecule has 0 saturated heterocycles. The molecule has 0 spiro atoms. The maximum absolute atomic E-state index is 12.3. The van der Waals surface area contributed by atoms with Crippen molar-refractivity contribution < 1.29 is 26.3 Å². The molecule has 124 valence electrons. The fourth-order valence-corrected chi connectivity index (χ4v) is 6.32. The predicted octanol–water partition coefficient (Wildman–Crippen LogP) is 0.0974. The summed E-state index contributed by atoms with van der Waals surface area (Å²) in [5.41, 5.74) is 0.329. The van der Waals surface area contributed by atoms with Crippen LogP contribution in [0.1, 0.15) is 10.8 Å². The number of sulfonamides is 1. The van der Waals surface area contributed by atoms with E-state index in [0.717, 1.165) is 0 Å². The van der Waals surface area contributed by atoms with Gasteiger partial charge in [0.1, 0.15) is 5.25 Å². The molecule has 1 aliphatic heterocycles. The highest BCUT2D eigenvalue weighted by Gasteiger charge is 2.41. The second-order valence-electron chi connectivity index (χ2n) is 4.85. The highest BCUT2D eigenvalue weighted by Crippen LogP contribution is 2.37. The number of ether oxygens (including phenoxy) is 2. The minimum atomic E-state index is -3.78. The minimum Gasteiger partial charge on any atom is -0.382 e. The van der Waals surface area contributed by atoms with Crippen LogP contribution in [0.5, 0.6) is 0 Å². The number of nitrogens with one attached hydrogen (secondary N) is 1. The van der Waals surface area contributed by atoms with Gasteiger partial charge < -0.3 is 9.47 Å².